The number of nitrogens with zero attached hydrogens (tertiary/aromatic N) is 1. The molecule has 66 valence electrons. The molecule has 0 bridgehead atoms. The molecule has 0 atom stereocenters. The number of benzene rings is 1. The van der Waals surface area contributed by atoms with Gasteiger partial charge in [0.1, 0.15) is 11.8 Å². The highest BCUT2D eigenvalue weighted by molar-refractivity contribution is 6.30. The lowest BCUT2D eigenvalue weighted by molar-refractivity contribution is -0.131. The van der Waals surface area contributed by atoms with Crippen molar-refractivity contribution in [2.75, 3.05) is 0 Å². The van der Waals surface area contributed by atoms with Crippen molar-refractivity contribution in [1.29, 1.82) is 5.26 Å². The highest BCUT2D eigenvalue weighted by Crippen LogP contribution is 2.21. The Morgan fingerprint density at radius 2 is 2.31 bits per heavy atom. The maximum Gasteiger partial charge on any atom is 0.308 e. The third kappa shape index (κ3) is 2.46. The van der Waals surface area contributed by atoms with Crippen molar-refractivity contribution in [3.05, 3.63) is 28.8 Å². The van der Waals surface area contributed by atoms with Crippen LogP contribution < -0.4 is 4.74 Å². The first-order valence-corrected chi connectivity index (χ1v) is 3.89. The summed E-state index contributed by atoms with van der Waals surface area (Å²) in [6, 6.07) is 6.37. The van der Waals surface area contributed by atoms with Gasteiger partial charge >= 0.3 is 5.97 Å². The van der Waals surface area contributed by atoms with E-state index in [0.717, 1.165) is 0 Å². The van der Waals surface area contributed by atoms with Crippen molar-refractivity contribution in [2.24, 2.45) is 0 Å². The monoisotopic (exact) mass is 195 g/mol. The summed E-state index contributed by atoms with van der Waals surface area (Å²) in [5.41, 5.74) is 0.253. The Morgan fingerprint density at radius 3 is 2.85 bits per heavy atom. The molecule has 0 aliphatic heterocycles. The number of rotatable bonds is 1. The maximum absolute atomic E-state index is 10.6. The Labute approximate surface area is 80.5 Å². The predicted octanol–water partition coefficient (Wildman–Crippen LogP) is 2.14. The summed E-state index contributed by atoms with van der Waals surface area (Å²) in [4.78, 5) is 10.6. The van der Waals surface area contributed by atoms with Gasteiger partial charge < -0.3 is 4.74 Å². The Hall–Kier alpha value is -1.53. The average Bonchev–Trinajstić information content (AvgIpc) is 2.07. The molecule has 0 radical (unpaired) electrons. The van der Waals surface area contributed by atoms with Gasteiger partial charge in [-0.3, -0.25) is 4.79 Å². The molecular formula is C9H6ClNO2. The average molecular weight is 196 g/mol. The summed E-state index contributed by atoms with van der Waals surface area (Å²) in [5.74, 6) is -0.224. The molecule has 1 aromatic rings. The second kappa shape index (κ2) is 3.92. The number of halogens is 1. The van der Waals surface area contributed by atoms with Crippen LogP contribution in [0.2, 0.25) is 5.02 Å². The molecule has 0 saturated carbocycles. The molecule has 0 amide bonds. The smallest absolute Gasteiger partial charge is 0.308 e. The normalized spacial score (nSPS) is 9.00. The maximum atomic E-state index is 10.6. The third-order valence-electron chi connectivity index (χ3n) is 1.32. The van der Waals surface area contributed by atoms with Crippen molar-refractivity contribution in [3.8, 4) is 11.8 Å². The quantitative estimate of drug-likeness (QED) is 0.510. The minimum Gasteiger partial charge on any atom is -0.425 e. The second-order valence-corrected chi connectivity index (χ2v) is 2.78. The van der Waals surface area contributed by atoms with Crippen LogP contribution in [0.1, 0.15) is 12.5 Å². The zero-order valence-corrected chi connectivity index (χ0v) is 7.63. The number of nitriles is 1. The predicted molar refractivity (Wildman–Crippen MR) is 47.5 cm³/mol. The minimum absolute atomic E-state index is 0.236. The van der Waals surface area contributed by atoms with Crippen molar-refractivity contribution < 1.29 is 9.53 Å². The zero-order valence-electron chi connectivity index (χ0n) is 6.87. The third-order valence-corrected chi connectivity index (χ3v) is 1.55. The van der Waals surface area contributed by atoms with Gasteiger partial charge in [-0.1, -0.05) is 11.6 Å². The molecule has 0 unspecified atom stereocenters. The Balaban J connectivity index is 3.08. The van der Waals surface area contributed by atoms with E-state index < -0.39 is 5.97 Å². The molecule has 0 aliphatic rings. The first-order valence-electron chi connectivity index (χ1n) is 3.51. The van der Waals surface area contributed by atoms with Gasteiger partial charge in [-0.25, -0.2) is 0 Å². The molecule has 1 aromatic carbocycles. The lowest BCUT2D eigenvalue weighted by atomic mass is 10.2. The van der Waals surface area contributed by atoms with Crippen LogP contribution in [0.5, 0.6) is 5.75 Å². The molecular weight excluding hydrogens is 190 g/mol. The lowest BCUT2D eigenvalue weighted by Crippen LogP contribution is -2.02. The fraction of sp³-hybridized carbons (Fsp3) is 0.111. The van der Waals surface area contributed by atoms with E-state index in [1.165, 1.54) is 19.1 Å². The van der Waals surface area contributed by atoms with Gasteiger partial charge in [0.25, 0.3) is 0 Å². The van der Waals surface area contributed by atoms with Gasteiger partial charge in [-0.05, 0) is 18.2 Å². The largest absolute Gasteiger partial charge is 0.425 e. The highest BCUT2D eigenvalue weighted by atomic mass is 35.5. The highest BCUT2D eigenvalue weighted by Gasteiger charge is 2.05. The van der Waals surface area contributed by atoms with Gasteiger partial charge in [-0.15, -0.1) is 0 Å². The topological polar surface area (TPSA) is 50.1 Å². The molecule has 0 saturated heterocycles. The molecule has 0 heterocycles. The van der Waals surface area contributed by atoms with E-state index in [1.54, 1.807) is 6.07 Å². The van der Waals surface area contributed by atoms with Crippen LogP contribution in [0, 0.1) is 11.3 Å². The van der Waals surface area contributed by atoms with E-state index in [1.807, 2.05) is 6.07 Å². The number of carbonyl (C=O) groups excluding carboxylic acids is 1. The second-order valence-electron chi connectivity index (χ2n) is 2.35. The Kier molecular flexibility index (Phi) is 2.88. The van der Waals surface area contributed by atoms with E-state index in [-0.39, 0.29) is 11.3 Å². The van der Waals surface area contributed by atoms with Gasteiger partial charge in [0.05, 0.1) is 5.56 Å². The molecule has 3 nitrogen and oxygen atoms in total. The van der Waals surface area contributed by atoms with Crippen molar-refractivity contribution >= 4 is 17.6 Å². The van der Waals surface area contributed by atoms with E-state index >= 15 is 0 Å². The van der Waals surface area contributed by atoms with E-state index in [9.17, 15) is 4.79 Å². The fourth-order valence-electron chi connectivity index (χ4n) is 0.833. The first-order chi connectivity index (χ1) is 6.13. The van der Waals surface area contributed by atoms with Crippen LogP contribution in [0.15, 0.2) is 18.2 Å². The van der Waals surface area contributed by atoms with Crippen LogP contribution >= 0.6 is 11.6 Å². The minimum atomic E-state index is -0.459. The van der Waals surface area contributed by atoms with E-state index in [2.05, 4.69) is 0 Å². The van der Waals surface area contributed by atoms with Crippen molar-refractivity contribution in [1.82, 2.24) is 0 Å². The Morgan fingerprint density at radius 1 is 1.62 bits per heavy atom. The summed E-state index contributed by atoms with van der Waals surface area (Å²) in [6.45, 7) is 1.27. The number of esters is 1. The van der Waals surface area contributed by atoms with Crippen LogP contribution in [0.25, 0.3) is 0 Å². The van der Waals surface area contributed by atoms with Crippen molar-refractivity contribution in [2.45, 2.75) is 6.92 Å². The van der Waals surface area contributed by atoms with Crippen LogP contribution in [0.4, 0.5) is 0 Å². The van der Waals surface area contributed by atoms with E-state index in [4.69, 9.17) is 21.6 Å². The van der Waals surface area contributed by atoms with Gasteiger partial charge in [0, 0.05) is 11.9 Å². The molecule has 0 fully saturated rings. The van der Waals surface area contributed by atoms with Gasteiger partial charge in [0.15, 0.2) is 0 Å². The summed E-state index contributed by atoms with van der Waals surface area (Å²) in [5, 5.41) is 9.09. The number of hydrogen-bond acceptors (Lipinski definition) is 3. The van der Waals surface area contributed by atoms with Crippen molar-refractivity contribution in [3.63, 3.8) is 0 Å². The molecule has 13 heavy (non-hydrogen) atoms. The van der Waals surface area contributed by atoms with Gasteiger partial charge in [-0.2, -0.15) is 5.26 Å². The zero-order chi connectivity index (χ0) is 9.84. The fourth-order valence-corrected chi connectivity index (χ4v) is 1.01. The summed E-state index contributed by atoms with van der Waals surface area (Å²) in [6.07, 6.45) is 0. The molecule has 4 heteroatoms. The molecule has 1 rings (SSSR count). The summed E-state index contributed by atoms with van der Waals surface area (Å²) in [7, 11) is 0. The SMILES string of the molecule is CC(=O)Oc1ccc(Cl)cc1C#N. The lowest BCUT2D eigenvalue weighted by Gasteiger charge is -2.02. The Bertz CT molecular complexity index is 382. The summed E-state index contributed by atoms with van der Waals surface area (Å²) < 4.78 is 4.77. The molecule has 0 aliphatic carbocycles. The van der Waals surface area contributed by atoms with E-state index in [0.29, 0.717) is 5.02 Å². The van der Waals surface area contributed by atoms with Crippen LogP contribution in [-0.4, -0.2) is 5.97 Å². The first kappa shape index (κ1) is 9.56. The molecule has 0 N–H and O–H groups in total. The van der Waals surface area contributed by atoms with Gasteiger partial charge in [0.2, 0.25) is 0 Å². The number of ether oxygens (including phenoxy) is 1. The standard InChI is InChI=1S/C9H6ClNO2/c1-6(12)13-9-3-2-8(10)4-7(9)5-11/h2-4H,1H3. The number of hydrogen-bond donors (Lipinski definition) is 0. The molecule has 0 aromatic heterocycles. The van der Waals surface area contributed by atoms with Crippen LogP contribution in [-0.2, 0) is 4.79 Å². The van der Waals surface area contributed by atoms with Crippen LogP contribution in [0.3, 0.4) is 0 Å². The molecule has 0 spiro atoms. The number of carbonyl (C=O) groups is 1. The summed E-state index contributed by atoms with van der Waals surface area (Å²) >= 11 is 5.64.